The van der Waals surface area contributed by atoms with Gasteiger partial charge in [-0.05, 0) is 12.8 Å². The first kappa shape index (κ1) is 56.1. The lowest BCUT2D eigenvalue weighted by molar-refractivity contribution is -0.359. The van der Waals surface area contributed by atoms with E-state index in [0.717, 1.165) is 51.4 Å². The maximum absolute atomic E-state index is 13.1. The van der Waals surface area contributed by atoms with Crippen molar-refractivity contribution in [2.24, 2.45) is 0 Å². The van der Waals surface area contributed by atoms with Crippen LogP contribution in [0, 0.1) is 0 Å². The van der Waals surface area contributed by atoms with Crippen LogP contribution in [0.2, 0.25) is 0 Å². The molecule has 0 aliphatic carbocycles. The van der Waals surface area contributed by atoms with Gasteiger partial charge in [0, 0.05) is 6.42 Å². The summed E-state index contributed by atoms with van der Waals surface area (Å²) in [6.45, 7) is 2.85. The zero-order valence-corrected chi connectivity index (χ0v) is 38.2. The van der Waals surface area contributed by atoms with Crippen molar-refractivity contribution < 1.29 is 64.6 Å². The van der Waals surface area contributed by atoms with E-state index in [9.17, 15) is 45.6 Å². The minimum Gasteiger partial charge on any atom is -0.394 e. The predicted molar refractivity (Wildman–Crippen MR) is 236 cm³/mol. The number of nitrogens with one attached hydrogen (secondary N) is 1. The van der Waals surface area contributed by atoms with Gasteiger partial charge in [0.05, 0.1) is 32.0 Å². The first-order valence-corrected chi connectivity index (χ1v) is 24.8. The van der Waals surface area contributed by atoms with Crippen molar-refractivity contribution >= 4 is 5.91 Å². The molecule has 0 aromatic carbocycles. The van der Waals surface area contributed by atoms with Crippen LogP contribution in [-0.2, 0) is 23.7 Å². The number of hydrogen-bond donors (Lipinski definition) is 9. The Bertz CT molecular complexity index is 1040. The van der Waals surface area contributed by atoms with Crippen molar-refractivity contribution in [3.63, 3.8) is 0 Å². The van der Waals surface area contributed by atoms with Gasteiger partial charge in [0.2, 0.25) is 5.91 Å². The molecule has 2 fully saturated rings. The molecule has 12 atom stereocenters. The number of rotatable bonds is 38. The van der Waals surface area contributed by atoms with Crippen molar-refractivity contribution in [3.05, 3.63) is 0 Å². The summed E-state index contributed by atoms with van der Waals surface area (Å²) in [4.78, 5) is 13.1. The lowest BCUT2D eigenvalue weighted by Gasteiger charge is -2.46. The van der Waals surface area contributed by atoms with Crippen LogP contribution in [0.4, 0.5) is 0 Å². The Hall–Kier alpha value is -1.01. The highest BCUT2D eigenvalue weighted by atomic mass is 16.7. The molecule has 14 nitrogen and oxygen atoms in total. The third kappa shape index (κ3) is 23.1. The minimum atomic E-state index is -1.78. The Morgan fingerprint density at radius 2 is 0.934 bits per heavy atom. The van der Waals surface area contributed by atoms with Crippen molar-refractivity contribution in [1.82, 2.24) is 5.32 Å². The van der Waals surface area contributed by atoms with Gasteiger partial charge >= 0.3 is 0 Å². The number of amides is 1. The molecule has 2 saturated heterocycles. The lowest BCUT2D eigenvalue weighted by atomic mass is 9.97. The molecule has 362 valence electrons. The summed E-state index contributed by atoms with van der Waals surface area (Å²) >= 11 is 0. The molecule has 14 heteroatoms. The van der Waals surface area contributed by atoms with Crippen LogP contribution in [0.1, 0.15) is 200 Å². The molecule has 0 saturated carbocycles. The number of ether oxygens (including phenoxy) is 4. The van der Waals surface area contributed by atoms with Gasteiger partial charge in [-0.1, -0.05) is 181 Å². The Labute approximate surface area is 368 Å². The van der Waals surface area contributed by atoms with Crippen molar-refractivity contribution in [2.45, 2.75) is 274 Å². The van der Waals surface area contributed by atoms with Crippen LogP contribution in [-0.4, -0.2) is 140 Å². The zero-order chi connectivity index (χ0) is 44.7. The summed E-state index contributed by atoms with van der Waals surface area (Å²) in [5.74, 6) is -0.206. The monoisotopic (exact) mass is 878 g/mol. The minimum absolute atomic E-state index is 0.206. The maximum Gasteiger partial charge on any atom is 0.220 e. The topological polar surface area (TPSA) is 228 Å². The molecule has 0 radical (unpaired) electrons. The molecule has 0 aromatic heterocycles. The molecular formula is C47H91NO13. The van der Waals surface area contributed by atoms with E-state index in [1.807, 2.05) is 0 Å². The zero-order valence-electron chi connectivity index (χ0n) is 38.2. The van der Waals surface area contributed by atoms with Crippen molar-refractivity contribution in [2.75, 3.05) is 19.8 Å². The fraction of sp³-hybridized carbons (Fsp3) is 0.979. The molecule has 0 bridgehead atoms. The molecule has 0 spiro atoms. The van der Waals surface area contributed by atoms with Crippen LogP contribution in [0.25, 0.3) is 0 Å². The molecule has 4 unspecified atom stereocenters. The summed E-state index contributed by atoms with van der Waals surface area (Å²) in [7, 11) is 0. The van der Waals surface area contributed by atoms with E-state index < -0.39 is 86.8 Å². The first-order valence-electron chi connectivity index (χ1n) is 24.8. The normalized spacial score (nSPS) is 27.9. The largest absolute Gasteiger partial charge is 0.394 e. The lowest BCUT2D eigenvalue weighted by Crippen LogP contribution is -2.65. The molecule has 2 heterocycles. The smallest absolute Gasteiger partial charge is 0.220 e. The Balaban J connectivity index is 1.85. The van der Waals surface area contributed by atoms with E-state index in [4.69, 9.17) is 18.9 Å². The average molecular weight is 878 g/mol. The Morgan fingerprint density at radius 1 is 0.525 bits per heavy atom. The van der Waals surface area contributed by atoms with Gasteiger partial charge < -0.3 is 65.1 Å². The standard InChI is InChI=1S/C47H91NO13/c1-3-5-7-9-11-13-15-17-18-19-20-22-24-26-28-30-36(51)35(48-39(52)31-29-27-25-23-21-16-14-12-10-8-6-4-2)34-58-46-44(57)42(55)45(38(33-50)60-46)61-47-43(56)41(54)40(53)37(32-49)59-47/h35-38,40-47,49-51,53-57H,3-34H2,1-2H3,(H,48,52)/t35-,36+,37+,38+,40-,41?,42?,43?,44?,45+,46+,47-/m0/s1. The molecule has 2 aliphatic heterocycles. The first-order chi connectivity index (χ1) is 29.6. The fourth-order valence-electron chi connectivity index (χ4n) is 8.47. The second-order valence-electron chi connectivity index (χ2n) is 18.0. The average Bonchev–Trinajstić information content (AvgIpc) is 3.26. The van der Waals surface area contributed by atoms with Gasteiger partial charge in [-0.2, -0.15) is 0 Å². The second-order valence-corrected chi connectivity index (χ2v) is 18.0. The van der Waals surface area contributed by atoms with Crippen molar-refractivity contribution in [1.29, 1.82) is 0 Å². The van der Waals surface area contributed by atoms with E-state index >= 15 is 0 Å². The fourth-order valence-corrected chi connectivity index (χ4v) is 8.47. The molecule has 0 aromatic rings. The SMILES string of the molecule is CCCCCCCCCCCCCCCCC[C@@H](O)[C@H](CO[C@@H]1O[C@H](CO)[C@@H](O[C@@H]2O[C@H](CO)[C@H](O)C(O)C2O)C(O)C1O)NC(=O)CCCCCCCCCCCCCC. The van der Waals surface area contributed by atoms with Crippen molar-refractivity contribution in [3.8, 4) is 0 Å². The van der Waals surface area contributed by atoms with E-state index in [1.54, 1.807) is 0 Å². The molecule has 2 aliphatic rings. The van der Waals surface area contributed by atoms with E-state index in [2.05, 4.69) is 19.2 Å². The van der Waals surface area contributed by atoms with Gasteiger partial charge in [0.25, 0.3) is 0 Å². The molecular weight excluding hydrogens is 787 g/mol. The summed E-state index contributed by atoms with van der Waals surface area (Å²) < 4.78 is 22.7. The van der Waals surface area contributed by atoms with Gasteiger partial charge in [-0.25, -0.2) is 0 Å². The van der Waals surface area contributed by atoms with Gasteiger partial charge in [-0.15, -0.1) is 0 Å². The molecule has 1 amide bonds. The number of carbonyl (C=O) groups is 1. The van der Waals surface area contributed by atoms with Crippen LogP contribution >= 0.6 is 0 Å². The molecule has 2 rings (SSSR count). The van der Waals surface area contributed by atoms with Gasteiger partial charge in [-0.3, -0.25) is 4.79 Å². The summed E-state index contributed by atoms with van der Waals surface area (Å²) in [6.07, 6.45) is 16.7. The van der Waals surface area contributed by atoms with Gasteiger partial charge in [0.1, 0.15) is 48.8 Å². The maximum atomic E-state index is 13.1. The second kappa shape index (κ2) is 35.3. The molecule has 61 heavy (non-hydrogen) atoms. The van der Waals surface area contributed by atoms with E-state index in [1.165, 1.54) is 122 Å². The quantitative estimate of drug-likeness (QED) is 0.0334. The summed E-state index contributed by atoms with van der Waals surface area (Å²) in [6, 6.07) is -0.819. The number of aliphatic hydroxyl groups is 8. The number of carbonyl (C=O) groups excluding carboxylic acids is 1. The number of aliphatic hydroxyl groups excluding tert-OH is 8. The summed E-state index contributed by atoms with van der Waals surface area (Å²) in [5, 5.41) is 86.8. The number of hydrogen-bond acceptors (Lipinski definition) is 13. The van der Waals surface area contributed by atoms with E-state index in [-0.39, 0.29) is 12.5 Å². The van der Waals surface area contributed by atoms with Crippen LogP contribution < -0.4 is 5.32 Å². The highest BCUT2D eigenvalue weighted by molar-refractivity contribution is 5.76. The number of unbranched alkanes of at least 4 members (excludes halogenated alkanes) is 25. The van der Waals surface area contributed by atoms with E-state index in [0.29, 0.717) is 12.8 Å². The predicted octanol–water partition coefficient (Wildman–Crippen LogP) is 5.83. The Kier molecular flexibility index (Phi) is 32.5. The van der Waals surface area contributed by atoms with Gasteiger partial charge in [0.15, 0.2) is 12.6 Å². The highest BCUT2D eigenvalue weighted by Crippen LogP contribution is 2.30. The third-order valence-electron chi connectivity index (χ3n) is 12.6. The Morgan fingerprint density at radius 3 is 1.39 bits per heavy atom. The van der Waals surface area contributed by atoms with Crippen LogP contribution in [0.3, 0.4) is 0 Å². The third-order valence-corrected chi connectivity index (χ3v) is 12.6. The highest BCUT2D eigenvalue weighted by Gasteiger charge is 2.51. The van der Waals surface area contributed by atoms with Crippen LogP contribution in [0.15, 0.2) is 0 Å². The summed E-state index contributed by atoms with van der Waals surface area (Å²) in [5.41, 5.74) is 0. The van der Waals surface area contributed by atoms with Crippen LogP contribution in [0.5, 0.6) is 0 Å². The molecule has 9 N–H and O–H groups in total.